The maximum atomic E-state index is 6.07. The Balaban J connectivity index is 1.75. The molecule has 4 heteroatoms. The summed E-state index contributed by atoms with van der Waals surface area (Å²) in [4.78, 5) is 1.31. The first-order valence-corrected chi connectivity index (χ1v) is 7.01. The average molecular weight is 286 g/mol. The minimum atomic E-state index is 0.804. The van der Waals surface area contributed by atoms with Crippen molar-refractivity contribution in [3.05, 3.63) is 56.2 Å². The molecule has 0 bridgehead atoms. The SMILES string of the molecule is Clc1ccc(CCNCc2ccccc2Cl)s1. The van der Waals surface area contributed by atoms with Crippen molar-refractivity contribution < 1.29 is 0 Å². The number of thiophene rings is 1. The molecule has 1 N–H and O–H groups in total. The molecule has 0 unspecified atom stereocenters. The van der Waals surface area contributed by atoms with Crippen LogP contribution >= 0.6 is 34.5 Å². The second kappa shape index (κ2) is 6.41. The molecule has 0 aliphatic heterocycles. The minimum Gasteiger partial charge on any atom is -0.312 e. The molecule has 0 amide bonds. The monoisotopic (exact) mass is 285 g/mol. The van der Waals surface area contributed by atoms with E-state index in [2.05, 4.69) is 11.4 Å². The van der Waals surface area contributed by atoms with Crippen molar-refractivity contribution in [2.24, 2.45) is 0 Å². The average Bonchev–Trinajstić information content (AvgIpc) is 2.73. The van der Waals surface area contributed by atoms with Crippen molar-refractivity contribution in [2.75, 3.05) is 6.54 Å². The normalized spacial score (nSPS) is 10.7. The van der Waals surface area contributed by atoms with Gasteiger partial charge in [-0.3, -0.25) is 0 Å². The summed E-state index contributed by atoms with van der Waals surface area (Å²) in [5.41, 5.74) is 1.14. The number of hydrogen-bond donors (Lipinski definition) is 1. The molecule has 1 heterocycles. The summed E-state index contributed by atoms with van der Waals surface area (Å²) in [6.07, 6.45) is 1.00. The summed E-state index contributed by atoms with van der Waals surface area (Å²) < 4.78 is 0.853. The highest BCUT2D eigenvalue weighted by Gasteiger charge is 2.00. The maximum Gasteiger partial charge on any atom is 0.0931 e. The van der Waals surface area contributed by atoms with Gasteiger partial charge in [-0.25, -0.2) is 0 Å². The van der Waals surface area contributed by atoms with Crippen LogP contribution in [0.15, 0.2) is 36.4 Å². The molecular formula is C13H13Cl2NS. The van der Waals surface area contributed by atoms with Crippen LogP contribution in [0.3, 0.4) is 0 Å². The van der Waals surface area contributed by atoms with Gasteiger partial charge in [-0.1, -0.05) is 41.4 Å². The minimum absolute atomic E-state index is 0.804. The van der Waals surface area contributed by atoms with Crippen molar-refractivity contribution >= 4 is 34.5 Å². The molecule has 1 nitrogen and oxygen atoms in total. The molecule has 0 saturated heterocycles. The number of hydrogen-bond acceptors (Lipinski definition) is 2. The first-order valence-electron chi connectivity index (χ1n) is 5.44. The van der Waals surface area contributed by atoms with Gasteiger partial charge in [0.2, 0.25) is 0 Å². The number of halogens is 2. The van der Waals surface area contributed by atoms with Gasteiger partial charge >= 0.3 is 0 Å². The third kappa shape index (κ3) is 4.00. The topological polar surface area (TPSA) is 12.0 Å². The fourth-order valence-corrected chi connectivity index (χ4v) is 2.85. The van der Waals surface area contributed by atoms with Crippen molar-refractivity contribution in [1.82, 2.24) is 5.32 Å². The Labute approximate surface area is 115 Å². The van der Waals surface area contributed by atoms with E-state index in [1.54, 1.807) is 11.3 Å². The Bertz CT molecular complexity index is 482. The highest BCUT2D eigenvalue weighted by Crippen LogP contribution is 2.21. The predicted molar refractivity (Wildman–Crippen MR) is 76.2 cm³/mol. The van der Waals surface area contributed by atoms with Crippen LogP contribution in [0.2, 0.25) is 9.36 Å². The van der Waals surface area contributed by atoms with Gasteiger partial charge in [0.25, 0.3) is 0 Å². The van der Waals surface area contributed by atoms with Crippen LogP contribution in [-0.2, 0) is 13.0 Å². The maximum absolute atomic E-state index is 6.07. The Hall–Kier alpha value is -0.540. The van der Waals surface area contributed by atoms with Gasteiger partial charge in [-0.05, 0) is 30.2 Å². The lowest BCUT2D eigenvalue weighted by molar-refractivity contribution is 0.691. The number of nitrogens with one attached hydrogen (secondary N) is 1. The van der Waals surface area contributed by atoms with Gasteiger partial charge < -0.3 is 5.32 Å². The second-order valence-electron chi connectivity index (χ2n) is 3.72. The van der Waals surface area contributed by atoms with E-state index in [-0.39, 0.29) is 0 Å². The fraction of sp³-hybridized carbons (Fsp3) is 0.231. The molecule has 1 aromatic carbocycles. The van der Waals surface area contributed by atoms with E-state index in [1.807, 2.05) is 30.3 Å². The van der Waals surface area contributed by atoms with Crippen LogP contribution < -0.4 is 5.32 Å². The number of benzene rings is 1. The second-order valence-corrected chi connectivity index (χ2v) is 5.93. The quantitative estimate of drug-likeness (QED) is 0.804. The Kier molecular flexibility index (Phi) is 4.86. The van der Waals surface area contributed by atoms with Crippen LogP contribution in [0.25, 0.3) is 0 Å². The van der Waals surface area contributed by atoms with Crippen LogP contribution in [0, 0.1) is 0 Å². The zero-order valence-corrected chi connectivity index (χ0v) is 11.6. The molecule has 90 valence electrons. The Morgan fingerprint density at radius 1 is 1.06 bits per heavy atom. The van der Waals surface area contributed by atoms with Crippen molar-refractivity contribution in [2.45, 2.75) is 13.0 Å². The molecule has 2 aromatic rings. The Morgan fingerprint density at radius 3 is 2.59 bits per heavy atom. The summed E-state index contributed by atoms with van der Waals surface area (Å²) >= 11 is 13.6. The molecule has 1 aromatic heterocycles. The summed E-state index contributed by atoms with van der Waals surface area (Å²) in [7, 11) is 0. The van der Waals surface area contributed by atoms with E-state index < -0.39 is 0 Å². The molecular weight excluding hydrogens is 273 g/mol. The molecule has 0 aliphatic carbocycles. The zero-order chi connectivity index (χ0) is 12.1. The smallest absolute Gasteiger partial charge is 0.0931 e. The van der Waals surface area contributed by atoms with E-state index in [0.717, 1.165) is 34.4 Å². The van der Waals surface area contributed by atoms with Crippen molar-refractivity contribution in [1.29, 1.82) is 0 Å². The first-order chi connectivity index (χ1) is 8.25. The van der Waals surface area contributed by atoms with Gasteiger partial charge in [-0.15, -0.1) is 11.3 Å². The van der Waals surface area contributed by atoms with Gasteiger partial charge in [-0.2, -0.15) is 0 Å². The molecule has 0 spiro atoms. The van der Waals surface area contributed by atoms with Gasteiger partial charge in [0, 0.05) is 23.0 Å². The van der Waals surface area contributed by atoms with Crippen LogP contribution in [0.4, 0.5) is 0 Å². The molecule has 0 aliphatic rings. The van der Waals surface area contributed by atoms with Gasteiger partial charge in [0.15, 0.2) is 0 Å². The third-order valence-electron chi connectivity index (χ3n) is 2.45. The summed E-state index contributed by atoms with van der Waals surface area (Å²) in [6, 6.07) is 11.9. The third-order valence-corrected chi connectivity index (χ3v) is 4.11. The molecule has 2 rings (SSSR count). The lowest BCUT2D eigenvalue weighted by Gasteiger charge is -2.05. The molecule has 17 heavy (non-hydrogen) atoms. The van der Waals surface area contributed by atoms with E-state index in [4.69, 9.17) is 23.2 Å². The predicted octanol–water partition coefficient (Wildman–Crippen LogP) is 4.39. The van der Waals surface area contributed by atoms with Gasteiger partial charge in [0.05, 0.1) is 4.34 Å². The van der Waals surface area contributed by atoms with E-state index >= 15 is 0 Å². The van der Waals surface area contributed by atoms with Crippen molar-refractivity contribution in [3.8, 4) is 0 Å². The first kappa shape index (κ1) is 12.9. The highest BCUT2D eigenvalue weighted by atomic mass is 35.5. The molecule has 0 atom stereocenters. The van der Waals surface area contributed by atoms with Crippen molar-refractivity contribution in [3.63, 3.8) is 0 Å². The van der Waals surface area contributed by atoms with Crippen LogP contribution in [-0.4, -0.2) is 6.54 Å². The summed E-state index contributed by atoms with van der Waals surface area (Å²) in [5.74, 6) is 0. The fourth-order valence-electron chi connectivity index (χ4n) is 1.56. The molecule has 0 radical (unpaired) electrons. The van der Waals surface area contributed by atoms with Crippen LogP contribution in [0.1, 0.15) is 10.4 Å². The summed E-state index contributed by atoms with van der Waals surface area (Å²) in [6.45, 7) is 1.74. The summed E-state index contributed by atoms with van der Waals surface area (Å²) in [5, 5.41) is 4.20. The van der Waals surface area contributed by atoms with E-state index in [0.29, 0.717) is 0 Å². The molecule has 0 saturated carbocycles. The lowest BCUT2D eigenvalue weighted by Crippen LogP contribution is -2.16. The Morgan fingerprint density at radius 2 is 1.88 bits per heavy atom. The number of rotatable bonds is 5. The van der Waals surface area contributed by atoms with Crippen LogP contribution in [0.5, 0.6) is 0 Å². The molecule has 0 fully saturated rings. The standard InChI is InChI=1S/C13H13Cl2NS/c14-12-4-2-1-3-10(12)9-16-8-7-11-5-6-13(15)17-11/h1-6,16H,7-9H2. The van der Waals surface area contributed by atoms with Gasteiger partial charge in [0.1, 0.15) is 0 Å². The van der Waals surface area contributed by atoms with E-state index in [1.165, 1.54) is 4.88 Å². The lowest BCUT2D eigenvalue weighted by atomic mass is 10.2. The highest BCUT2D eigenvalue weighted by molar-refractivity contribution is 7.16. The van der Waals surface area contributed by atoms with E-state index in [9.17, 15) is 0 Å². The largest absolute Gasteiger partial charge is 0.312 e. The zero-order valence-electron chi connectivity index (χ0n) is 9.25.